The molecule has 0 bridgehead atoms. The van der Waals surface area contributed by atoms with Crippen molar-refractivity contribution in [3.63, 3.8) is 0 Å². The van der Waals surface area contributed by atoms with E-state index >= 15 is 0 Å². The molecule has 2 rings (SSSR count). The van der Waals surface area contributed by atoms with Gasteiger partial charge in [-0.3, -0.25) is 0 Å². The van der Waals surface area contributed by atoms with Crippen LogP contribution in [0, 0.1) is 11.6 Å². The number of alkyl halides is 1. The van der Waals surface area contributed by atoms with Crippen LogP contribution in [0.25, 0.3) is 0 Å². The van der Waals surface area contributed by atoms with Crippen LogP contribution in [-0.4, -0.2) is 0 Å². The molecule has 0 spiro atoms. The van der Waals surface area contributed by atoms with Gasteiger partial charge in [-0.05, 0) is 40.2 Å². The number of benzene rings is 1. The lowest BCUT2D eigenvalue weighted by atomic mass is 10.1. The van der Waals surface area contributed by atoms with E-state index in [1.165, 1.54) is 11.3 Å². The second-order valence-electron chi connectivity index (χ2n) is 3.29. The molecule has 0 saturated carbocycles. The summed E-state index contributed by atoms with van der Waals surface area (Å²) in [5, 5.41) is -0.972. The molecule has 0 saturated heterocycles. The summed E-state index contributed by atoms with van der Waals surface area (Å²) < 4.78 is 27.8. The Labute approximate surface area is 119 Å². The Hall–Kier alpha value is -0.160. The van der Waals surface area contributed by atoms with Crippen molar-refractivity contribution in [1.82, 2.24) is 0 Å². The van der Waals surface area contributed by atoms with E-state index in [9.17, 15) is 8.78 Å². The van der Waals surface area contributed by atoms with Gasteiger partial charge in [0.05, 0.1) is 14.2 Å². The van der Waals surface area contributed by atoms with Crippen molar-refractivity contribution in [1.29, 1.82) is 0 Å². The quantitative estimate of drug-likeness (QED) is 0.472. The molecule has 0 fully saturated rings. The van der Waals surface area contributed by atoms with Crippen LogP contribution in [0.15, 0.2) is 28.1 Å². The highest BCUT2D eigenvalue weighted by Gasteiger charge is 2.19. The molecule has 0 aliphatic heterocycles. The van der Waals surface area contributed by atoms with Gasteiger partial charge in [-0.15, -0.1) is 22.9 Å². The van der Waals surface area contributed by atoms with E-state index in [2.05, 4.69) is 15.9 Å². The molecule has 0 nitrogen and oxygen atoms in total. The van der Waals surface area contributed by atoms with Crippen molar-refractivity contribution in [3.05, 3.63) is 55.1 Å². The zero-order valence-electron chi connectivity index (χ0n) is 8.18. The average Bonchev–Trinajstić information content (AvgIpc) is 2.69. The van der Waals surface area contributed by atoms with Crippen molar-refractivity contribution < 1.29 is 8.78 Å². The average molecular weight is 358 g/mol. The summed E-state index contributed by atoms with van der Waals surface area (Å²) in [5.41, 5.74) is 0.0860. The van der Waals surface area contributed by atoms with Crippen LogP contribution in [0.5, 0.6) is 0 Å². The zero-order valence-corrected chi connectivity index (χ0v) is 12.1. The lowest BCUT2D eigenvalue weighted by Crippen LogP contribution is -1.96. The summed E-state index contributed by atoms with van der Waals surface area (Å²) in [4.78, 5) is 0.735. The van der Waals surface area contributed by atoms with Crippen LogP contribution in [0.1, 0.15) is 15.8 Å². The number of halogens is 5. The third kappa shape index (κ3) is 2.81. The number of rotatable bonds is 2. The molecule has 1 aromatic carbocycles. The molecule has 1 aromatic heterocycles. The first-order valence-corrected chi connectivity index (χ1v) is 6.95. The number of hydrogen-bond acceptors (Lipinski definition) is 1. The van der Waals surface area contributed by atoms with Crippen molar-refractivity contribution in [2.24, 2.45) is 0 Å². The Bertz CT molecular complexity index is 556. The summed E-state index contributed by atoms with van der Waals surface area (Å²) in [6.07, 6.45) is 0. The molecule has 1 heterocycles. The predicted molar refractivity (Wildman–Crippen MR) is 71.1 cm³/mol. The van der Waals surface area contributed by atoms with Crippen LogP contribution in [-0.2, 0) is 0 Å². The Morgan fingerprint density at radius 1 is 1.18 bits per heavy atom. The molecular weight excluding hydrogens is 353 g/mol. The maximum absolute atomic E-state index is 13.6. The van der Waals surface area contributed by atoms with E-state index in [4.69, 9.17) is 23.2 Å². The highest BCUT2D eigenvalue weighted by molar-refractivity contribution is 9.11. The first kappa shape index (κ1) is 13.3. The van der Waals surface area contributed by atoms with Crippen LogP contribution < -0.4 is 0 Å². The Morgan fingerprint density at radius 2 is 1.88 bits per heavy atom. The lowest BCUT2D eigenvalue weighted by molar-refractivity contribution is 0.588. The zero-order chi connectivity index (χ0) is 12.6. The Kier molecular flexibility index (Phi) is 4.08. The molecule has 0 amide bonds. The van der Waals surface area contributed by atoms with Gasteiger partial charge in [0, 0.05) is 10.4 Å². The Morgan fingerprint density at radius 3 is 2.47 bits per heavy atom. The molecule has 90 valence electrons. The van der Waals surface area contributed by atoms with Crippen LogP contribution in [0.4, 0.5) is 8.78 Å². The van der Waals surface area contributed by atoms with Gasteiger partial charge in [0.2, 0.25) is 0 Å². The summed E-state index contributed by atoms with van der Waals surface area (Å²) >= 11 is 16.3. The molecule has 0 radical (unpaired) electrons. The fraction of sp³-hybridized carbons (Fsp3) is 0.0909. The fourth-order valence-electron chi connectivity index (χ4n) is 1.35. The van der Waals surface area contributed by atoms with Crippen molar-refractivity contribution in [2.45, 2.75) is 5.38 Å². The standard InChI is InChI=1S/C11H5BrCl2F2S/c12-10-2-1-9(17-10)11(14)5-3-8(16)6(13)4-7(5)15/h1-4,11H. The molecule has 6 heteroatoms. The summed E-state index contributed by atoms with van der Waals surface area (Å²) in [6.45, 7) is 0. The molecule has 0 aliphatic rings. The van der Waals surface area contributed by atoms with Gasteiger partial charge in [-0.2, -0.15) is 0 Å². The summed E-state index contributed by atoms with van der Waals surface area (Å²) in [6, 6.07) is 5.53. The number of hydrogen-bond donors (Lipinski definition) is 0. The third-order valence-electron chi connectivity index (χ3n) is 2.16. The normalized spacial score (nSPS) is 12.8. The first-order valence-electron chi connectivity index (χ1n) is 4.53. The van der Waals surface area contributed by atoms with Gasteiger partial charge >= 0.3 is 0 Å². The summed E-state index contributed by atoms with van der Waals surface area (Å²) in [5.74, 6) is -1.29. The van der Waals surface area contributed by atoms with E-state index in [1.54, 1.807) is 12.1 Å². The molecule has 1 atom stereocenters. The van der Waals surface area contributed by atoms with Crippen LogP contribution >= 0.6 is 50.5 Å². The van der Waals surface area contributed by atoms with E-state index < -0.39 is 17.0 Å². The van der Waals surface area contributed by atoms with E-state index in [0.29, 0.717) is 0 Å². The molecule has 0 N–H and O–H groups in total. The predicted octanol–water partition coefficient (Wildman–Crippen LogP) is 5.77. The van der Waals surface area contributed by atoms with Gasteiger partial charge in [0.15, 0.2) is 0 Å². The van der Waals surface area contributed by atoms with Gasteiger partial charge in [-0.25, -0.2) is 8.78 Å². The van der Waals surface area contributed by atoms with Gasteiger partial charge in [0.25, 0.3) is 0 Å². The van der Waals surface area contributed by atoms with E-state index in [1.807, 2.05) is 0 Å². The first-order chi connectivity index (χ1) is 7.99. The van der Waals surface area contributed by atoms with Crippen molar-refractivity contribution >= 4 is 50.5 Å². The molecule has 1 unspecified atom stereocenters. The van der Waals surface area contributed by atoms with Gasteiger partial charge in [0.1, 0.15) is 11.6 Å². The molecular formula is C11H5BrCl2F2S. The minimum Gasteiger partial charge on any atom is -0.207 e. The van der Waals surface area contributed by atoms with Crippen molar-refractivity contribution in [2.75, 3.05) is 0 Å². The highest BCUT2D eigenvalue weighted by atomic mass is 79.9. The summed E-state index contributed by atoms with van der Waals surface area (Å²) in [7, 11) is 0. The van der Waals surface area contributed by atoms with E-state index in [0.717, 1.165) is 20.8 Å². The Balaban J connectivity index is 2.43. The monoisotopic (exact) mass is 356 g/mol. The second kappa shape index (κ2) is 5.22. The topological polar surface area (TPSA) is 0 Å². The molecule has 17 heavy (non-hydrogen) atoms. The number of thiophene rings is 1. The highest BCUT2D eigenvalue weighted by Crippen LogP contribution is 2.37. The largest absolute Gasteiger partial charge is 0.207 e. The second-order valence-corrected chi connectivity index (χ2v) is 6.63. The van der Waals surface area contributed by atoms with Crippen molar-refractivity contribution in [3.8, 4) is 0 Å². The van der Waals surface area contributed by atoms with E-state index in [-0.39, 0.29) is 10.6 Å². The minimum absolute atomic E-state index is 0.0860. The minimum atomic E-state index is -0.724. The fourth-order valence-corrected chi connectivity index (χ4v) is 3.29. The maximum atomic E-state index is 13.6. The lowest BCUT2D eigenvalue weighted by Gasteiger charge is -2.09. The van der Waals surface area contributed by atoms with Gasteiger partial charge in [-0.1, -0.05) is 11.6 Å². The van der Waals surface area contributed by atoms with Crippen LogP contribution in [0.2, 0.25) is 5.02 Å². The third-order valence-corrected chi connectivity index (χ3v) is 4.73. The molecule has 2 aromatic rings. The molecule has 0 aliphatic carbocycles. The maximum Gasteiger partial charge on any atom is 0.142 e. The van der Waals surface area contributed by atoms with Gasteiger partial charge < -0.3 is 0 Å². The van der Waals surface area contributed by atoms with Crippen LogP contribution in [0.3, 0.4) is 0 Å². The SMILES string of the molecule is Fc1cc(C(Cl)c2ccc(Br)s2)c(F)cc1Cl. The smallest absolute Gasteiger partial charge is 0.142 e.